The second-order valence-electron chi connectivity index (χ2n) is 13.1. The van der Waals surface area contributed by atoms with Crippen LogP contribution in [0, 0.1) is 52.3 Å². The third-order valence-electron chi connectivity index (χ3n) is 11.8. The van der Waals surface area contributed by atoms with E-state index in [0.29, 0.717) is 10.8 Å². The highest BCUT2D eigenvalue weighted by Crippen LogP contribution is 2.68. The molecule has 2 nitrogen and oxygen atoms in total. The molecule has 2 N–H and O–H groups in total. The largest absolute Gasteiger partial charge is 0.393 e. The Hall–Kier alpha value is -0.0800. The standard InChI is InChI=1S/C28H50O2/c1-19(9-10-20(2)28(5,30)18-29)23-13-14-24-22-12-11-21-8-6-7-16-26(21,3)25(22)15-17-27(23,24)4/h19-25,29-30H,6-18H2,1-5H3/t19-,20+,21?,22+,23-,24+,25+,26+,27-,28?/m1/s1. The quantitative estimate of drug-likeness (QED) is 0.496. The Morgan fingerprint density at radius 1 is 0.867 bits per heavy atom. The molecule has 2 unspecified atom stereocenters. The van der Waals surface area contributed by atoms with Crippen LogP contribution in [0.2, 0.25) is 0 Å². The van der Waals surface area contributed by atoms with Gasteiger partial charge in [-0.2, -0.15) is 0 Å². The molecule has 0 aromatic rings. The lowest BCUT2D eigenvalue weighted by Crippen LogP contribution is -2.53. The summed E-state index contributed by atoms with van der Waals surface area (Å²) in [6.07, 6.45) is 17.1. The van der Waals surface area contributed by atoms with Crippen molar-refractivity contribution in [3.05, 3.63) is 0 Å². The van der Waals surface area contributed by atoms with Crippen LogP contribution in [0.3, 0.4) is 0 Å². The molecular formula is C28H50O2. The molecule has 30 heavy (non-hydrogen) atoms. The Morgan fingerprint density at radius 2 is 1.60 bits per heavy atom. The highest BCUT2D eigenvalue weighted by atomic mass is 16.3. The van der Waals surface area contributed by atoms with Crippen LogP contribution in [0.15, 0.2) is 0 Å². The lowest BCUT2D eigenvalue weighted by atomic mass is 9.44. The maximum atomic E-state index is 10.4. The van der Waals surface area contributed by atoms with Gasteiger partial charge in [0.2, 0.25) is 0 Å². The van der Waals surface area contributed by atoms with Crippen molar-refractivity contribution in [3.8, 4) is 0 Å². The van der Waals surface area contributed by atoms with Crippen molar-refractivity contribution in [2.24, 2.45) is 52.3 Å². The van der Waals surface area contributed by atoms with Crippen molar-refractivity contribution < 1.29 is 10.2 Å². The van der Waals surface area contributed by atoms with Crippen molar-refractivity contribution in [1.29, 1.82) is 0 Å². The minimum Gasteiger partial charge on any atom is -0.393 e. The summed E-state index contributed by atoms with van der Waals surface area (Å²) in [6.45, 7) is 11.6. The summed E-state index contributed by atoms with van der Waals surface area (Å²) in [4.78, 5) is 0. The minimum atomic E-state index is -0.937. The maximum absolute atomic E-state index is 10.4. The lowest BCUT2D eigenvalue weighted by Gasteiger charge is -2.61. The topological polar surface area (TPSA) is 40.5 Å². The van der Waals surface area contributed by atoms with Crippen LogP contribution < -0.4 is 0 Å². The Morgan fingerprint density at radius 3 is 2.33 bits per heavy atom. The first-order valence-corrected chi connectivity index (χ1v) is 13.5. The van der Waals surface area contributed by atoms with Gasteiger partial charge >= 0.3 is 0 Å². The Bertz CT molecular complexity index is 599. The van der Waals surface area contributed by atoms with Gasteiger partial charge in [0, 0.05) is 0 Å². The van der Waals surface area contributed by atoms with Crippen LogP contribution >= 0.6 is 0 Å². The average molecular weight is 419 g/mol. The fraction of sp³-hybridized carbons (Fsp3) is 1.00. The first-order chi connectivity index (χ1) is 14.1. The van der Waals surface area contributed by atoms with Crippen LogP contribution in [0.25, 0.3) is 0 Å². The van der Waals surface area contributed by atoms with Crippen molar-refractivity contribution in [3.63, 3.8) is 0 Å². The van der Waals surface area contributed by atoms with Crippen LogP contribution in [-0.2, 0) is 0 Å². The van der Waals surface area contributed by atoms with E-state index in [4.69, 9.17) is 0 Å². The van der Waals surface area contributed by atoms with Crippen molar-refractivity contribution >= 4 is 0 Å². The van der Waals surface area contributed by atoms with Crippen LogP contribution in [-0.4, -0.2) is 22.4 Å². The molecule has 4 fully saturated rings. The summed E-state index contributed by atoms with van der Waals surface area (Å²) in [6, 6.07) is 0. The summed E-state index contributed by atoms with van der Waals surface area (Å²) in [5, 5.41) is 19.9. The van der Waals surface area contributed by atoms with Gasteiger partial charge in [0.15, 0.2) is 0 Å². The van der Waals surface area contributed by atoms with Crippen molar-refractivity contribution in [1.82, 2.24) is 0 Å². The zero-order valence-corrected chi connectivity index (χ0v) is 20.6. The van der Waals surface area contributed by atoms with E-state index < -0.39 is 5.60 Å². The summed E-state index contributed by atoms with van der Waals surface area (Å²) >= 11 is 0. The highest BCUT2D eigenvalue weighted by molar-refractivity contribution is 5.09. The van der Waals surface area contributed by atoms with Crippen molar-refractivity contribution in [2.75, 3.05) is 6.61 Å². The third-order valence-corrected chi connectivity index (χ3v) is 11.8. The minimum absolute atomic E-state index is 0.130. The van der Waals surface area contributed by atoms with Gasteiger partial charge in [0.1, 0.15) is 0 Å². The summed E-state index contributed by atoms with van der Waals surface area (Å²) in [7, 11) is 0. The van der Waals surface area contributed by atoms with Crippen LogP contribution in [0.4, 0.5) is 0 Å². The monoisotopic (exact) mass is 418 g/mol. The summed E-state index contributed by atoms with van der Waals surface area (Å²) in [5.41, 5.74) is 0.257. The zero-order chi connectivity index (χ0) is 21.7. The molecular weight excluding hydrogens is 368 g/mol. The highest BCUT2D eigenvalue weighted by Gasteiger charge is 2.60. The van der Waals surface area contributed by atoms with E-state index in [-0.39, 0.29) is 12.5 Å². The molecule has 4 rings (SSSR count). The van der Waals surface area contributed by atoms with Gasteiger partial charge in [0.05, 0.1) is 12.2 Å². The van der Waals surface area contributed by atoms with E-state index in [0.717, 1.165) is 41.9 Å². The number of hydrogen-bond acceptors (Lipinski definition) is 2. The van der Waals surface area contributed by atoms with Gasteiger partial charge in [0.25, 0.3) is 0 Å². The molecule has 0 radical (unpaired) electrons. The zero-order valence-electron chi connectivity index (χ0n) is 20.6. The molecule has 4 aliphatic rings. The van der Waals surface area contributed by atoms with E-state index in [1.807, 2.05) is 0 Å². The van der Waals surface area contributed by atoms with E-state index in [9.17, 15) is 10.2 Å². The first kappa shape index (κ1) is 23.1. The molecule has 10 atom stereocenters. The lowest BCUT2D eigenvalue weighted by molar-refractivity contribution is -0.114. The van der Waals surface area contributed by atoms with Crippen LogP contribution in [0.1, 0.15) is 112 Å². The number of aliphatic hydroxyl groups excluding tert-OH is 1. The molecule has 4 saturated carbocycles. The fourth-order valence-electron chi connectivity index (χ4n) is 9.45. The smallest absolute Gasteiger partial charge is 0.0874 e. The SMILES string of the molecule is C[C@H](CC[C@H](C)C(C)(O)CO)[C@H]1CC[C@H]2[C@@H]3CCC4CCCC[C@]4(C)[C@H]3CC[C@]12C. The van der Waals surface area contributed by atoms with E-state index in [2.05, 4.69) is 27.7 Å². The van der Waals surface area contributed by atoms with Crippen molar-refractivity contribution in [2.45, 2.75) is 117 Å². The van der Waals surface area contributed by atoms with Gasteiger partial charge in [-0.1, -0.05) is 47.0 Å². The molecule has 0 bridgehead atoms. The predicted molar refractivity (Wildman–Crippen MR) is 125 cm³/mol. The summed E-state index contributed by atoms with van der Waals surface area (Å²) < 4.78 is 0. The van der Waals surface area contributed by atoms with Crippen LogP contribution in [0.5, 0.6) is 0 Å². The Kier molecular flexibility index (Phi) is 6.44. The second-order valence-corrected chi connectivity index (χ2v) is 13.1. The normalized spacial score (nSPS) is 47.5. The molecule has 0 spiro atoms. The van der Waals surface area contributed by atoms with Gasteiger partial charge < -0.3 is 10.2 Å². The van der Waals surface area contributed by atoms with Gasteiger partial charge in [-0.15, -0.1) is 0 Å². The molecule has 0 amide bonds. The molecule has 0 saturated heterocycles. The third kappa shape index (κ3) is 3.70. The first-order valence-electron chi connectivity index (χ1n) is 13.5. The second kappa shape index (κ2) is 8.36. The molecule has 2 heteroatoms. The molecule has 0 heterocycles. The maximum Gasteiger partial charge on any atom is 0.0874 e. The van der Waals surface area contributed by atoms with E-state index >= 15 is 0 Å². The number of aliphatic hydroxyl groups is 2. The number of hydrogen-bond donors (Lipinski definition) is 2. The number of fused-ring (bicyclic) bond motifs is 5. The average Bonchev–Trinajstić information content (AvgIpc) is 3.08. The summed E-state index contributed by atoms with van der Waals surface area (Å²) in [5.74, 6) is 5.72. The molecule has 0 aromatic carbocycles. The molecule has 0 aromatic heterocycles. The molecule has 4 aliphatic carbocycles. The molecule has 174 valence electrons. The molecule has 0 aliphatic heterocycles. The fourth-order valence-corrected chi connectivity index (χ4v) is 9.45. The Balaban J connectivity index is 1.43. The van der Waals surface area contributed by atoms with Gasteiger partial charge in [-0.05, 0) is 117 Å². The van der Waals surface area contributed by atoms with E-state index in [1.165, 1.54) is 70.6 Å². The predicted octanol–water partition coefficient (Wildman–Crippen LogP) is 6.83. The van der Waals surface area contributed by atoms with Gasteiger partial charge in [-0.3, -0.25) is 0 Å². The number of rotatable bonds is 6. The van der Waals surface area contributed by atoms with Gasteiger partial charge in [-0.25, -0.2) is 0 Å². The Labute approximate surface area is 186 Å². The van der Waals surface area contributed by atoms with E-state index in [1.54, 1.807) is 6.92 Å².